The average molecular weight is 252 g/mol. The third-order valence-electron chi connectivity index (χ3n) is 3.48. The fourth-order valence-electron chi connectivity index (χ4n) is 2.15. The van der Waals surface area contributed by atoms with Gasteiger partial charge in [-0.3, -0.25) is 0 Å². The Balaban J connectivity index is 2.65. The molecule has 0 bridgehead atoms. The van der Waals surface area contributed by atoms with Crippen LogP contribution in [0.1, 0.15) is 65.2 Å². The third-order valence-corrected chi connectivity index (χ3v) is 3.48. The second kappa shape index (κ2) is 7.52. The van der Waals surface area contributed by atoms with Gasteiger partial charge in [0.25, 0.3) is 0 Å². The third kappa shape index (κ3) is 3.80. The van der Waals surface area contributed by atoms with Gasteiger partial charge in [-0.05, 0) is 19.8 Å². The molecular formula is C14H28N4. The standard InChI is InChI=1S/C14H28N4/c1-6-12(7-2)15-10-11(5)18-14(9-4)16-13(8-3)17-18/h11-12,15H,6-10H2,1-5H3. The summed E-state index contributed by atoms with van der Waals surface area (Å²) >= 11 is 0. The molecule has 1 rings (SSSR count). The largest absolute Gasteiger partial charge is 0.312 e. The van der Waals surface area contributed by atoms with E-state index in [1.165, 1.54) is 12.8 Å². The molecule has 0 saturated carbocycles. The molecule has 0 saturated heterocycles. The minimum absolute atomic E-state index is 0.369. The Bertz CT molecular complexity index is 342. The lowest BCUT2D eigenvalue weighted by molar-refractivity contribution is 0.392. The van der Waals surface area contributed by atoms with Gasteiger partial charge < -0.3 is 5.32 Å². The Morgan fingerprint density at radius 1 is 1.11 bits per heavy atom. The van der Waals surface area contributed by atoms with Gasteiger partial charge in [-0.2, -0.15) is 5.10 Å². The van der Waals surface area contributed by atoms with Crippen molar-refractivity contribution >= 4 is 0 Å². The zero-order valence-corrected chi connectivity index (χ0v) is 12.5. The molecule has 0 amide bonds. The number of rotatable bonds is 8. The van der Waals surface area contributed by atoms with Crippen LogP contribution >= 0.6 is 0 Å². The molecule has 104 valence electrons. The van der Waals surface area contributed by atoms with E-state index in [2.05, 4.69) is 54.7 Å². The van der Waals surface area contributed by atoms with Crippen molar-refractivity contribution in [3.63, 3.8) is 0 Å². The molecule has 0 aliphatic heterocycles. The van der Waals surface area contributed by atoms with Crippen LogP contribution in [0.4, 0.5) is 0 Å². The summed E-state index contributed by atoms with van der Waals surface area (Å²) < 4.78 is 2.09. The zero-order chi connectivity index (χ0) is 13.5. The van der Waals surface area contributed by atoms with E-state index in [4.69, 9.17) is 0 Å². The van der Waals surface area contributed by atoms with Gasteiger partial charge in [0.15, 0.2) is 5.82 Å². The molecule has 0 radical (unpaired) electrons. The van der Waals surface area contributed by atoms with E-state index in [9.17, 15) is 0 Å². The highest BCUT2D eigenvalue weighted by molar-refractivity contribution is 4.94. The molecule has 0 spiro atoms. The normalized spacial score (nSPS) is 13.2. The molecule has 1 aromatic heterocycles. The zero-order valence-electron chi connectivity index (χ0n) is 12.5. The summed E-state index contributed by atoms with van der Waals surface area (Å²) in [6, 6.07) is 0.986. The number of nitrogens with zero attached hydrogens (tertiary/aromatic N) is 3. The van der Waals surface area contributed by atoms with Crippen LogP contribution in [-0.2, 0) is 12.8 Å². The van der Waals surface area contributed by atoms with Crippen LogP contribution in [0.2, 0.25) is 0 Å². The van der Waals surface area contributed by atoms with Crippen LogP contribution in [0.3, 0.4) is 0 Å². The van der Waals surface area contributed by atoms with E-state index < -0.39 is 0 Å². The van der Waals surface area contributed by atoms with Crippen molar-refractivity contribution in [3.8, 4) is 0 Å². The first kappa shape index (κ1) is 15.2. The maximum atomic E-state index is 4.59. The SMILES string of the molecule is CCc1nc(CC)n(C(C)CNC(CC)CC)n1. The highest BCUT2D eigenvalue weighted by atomic mass is 15.4. The first-order valence-electron chi connectivity index (χ1n) is 7.33. The molecule has 0 aliphatic rings. The molecule has 4 nitrogen and oxygen atoms in total. The van der Waals surface area contributed by atoms with Gasteiger partial charge in [-0.15, -0.1) is 0 Å². The summed E-state index contributed by atoms with van der Waals surface area (Å²) in [5.74, 6) is 2.06. The molecule has 0 aliphatic carbocycles. The van der Waals surface area contributed by atoms with Gasteiger partial charge in [0.1, 0.15) is 5.82 Å². The first-order chi connectivity index (χ1) is 8.65. The molecule has 0 aromatic carbocycles. The van der Waals surface area contributed by atoms with E-state index in [0.717, 1.165) is 31.0 Å². The van der Waals surface area contributed by atoms with E-state index in [0.29, 0.717) is 12.1 Å². The lowest BCUT2D eigenvalue weighted by Gasteiger charge is -2.19. The number of aryl methyl sites for hydroxylation is 2. The topological polar surface area (TPSA) is 42.7 Å². The second-order valence-corrected chi connectivity index (χ2v) is 4.87. The Hall–Kier alpha value is -0.900. The van der Waals surface area contributed by atoms with Crippen molar-refractivity contribution in [1.82, 2.24) is 20.1 Å². The maximum Gasteiger partial charge on any atom is 0.150 e. The molecule has 1 aromatic rings. The van der Waals surface area contributed by atoms with Crippen LogP contribution in [0.15, 0.2) is 0 Å². The predicted octanol–water partition coefficient (Wildman–Crippen LogP) is 2.74. The maximum absolute atomic E-state index is 4.59. The highest BCUT2D eigenvalue weighted by Gasteiger charge is 2.14. The summed E-state index contributed by atoms with van der Waals surface area (Å²) in [4.78, 5) is 4.56. The summed E-state index contributed by atoms with van der Waals surface area (Å²) in [5.41, 5.74) is 0. The Kier molecular flexibility index (Phi) is 6.33. The van der Waals surface area contributed by atoms with Crippen molar-refractivity contribution in [3.05, 3.63) is 11.6 Å². The van der Waals surface area contributed by atoms with Crippen molar-refractivity contribution in [2.45, 2.75) is 72.4 Å². The molecule has 1 unspecified atom stereocenters. The lowest BCUT2D eigenvalue weighted by atomic mass is 10.1. The number of aromatic nitrogens is 3. The second-order valence-electron chi connectivity index (χ2n) is 4.87. The van der Waals surface area contributed by atoms with Crippen LogP contribution in [0.25, 0.3) is 0 Å². The number of hydrogen-bond acceptors (Lipinski definition) is 3. The van der Waals surface area contributed by atoms with Crippen molar-refractivity contribution in [2.75, 3.05) is 6.54 Å². The van der Waals surface area contributed by atoms with E-state index in [1.807, 2.05) is 0 Å². The molecule has 1 N–H and O–H groups in total. The predicted molar refractivity (Wildman–Crippen MR) is 75.9 cm³/mol. The summed E-state index contributed by atoms with van der Waals surface area (Å²) in [6.07, 6.45) is 4.22. The fraction of sp³-hybridized carbons (Fsp3) is 0.857. The Morgan fingerprint density at radius 3 is 2.28 bits per heavy atom. The summed E-state index contributed by atoms with van der Waals surface area (Å²) in [7, 11) is 0. The monoisotopic (exact) mass is 252 g/mol. The first-order valence-corrected chi connectivity index (χ1v) is 7.33. The Morgan fingerprint density at radius 2 is 1.78 bits per heavy atom. The van der Waals surface area contributed by atoms with E-state index in [1.54, 1.807) is 0 Å². The molecule has 1 atom stereocenters. The number of nitrogens with one attached hydrogen (secondary N) is 1. The Labute approximate surface area is 111 Å². The van der Waals surface area contributed by atoms with Crippen molar-refractivity contribution in [2.24, 2.45) is 0 Å². The van der Waals surface area contributed by atoms with Crippen molar-refractivity contribution < 1.29 is 0 Å². The van der Waals surface area contributed by atoms with Crippen LogP contribution < -0.4 is 5.32 Å². The molecule has 1 heterocycles. The van der Waals surface area contributed by atoms with Gasteiger partial charge in [-0.25, -0.2) is 9.67 Å². The van der Waals surface area contributed by atoms with Crippen LogP contribution in [0.5, 0.6) is 0 Å². The smallest absolute Gasteiger partial charge is 0.150 e. The molecular weight excluding hydrogens is 224 g/mol. The van der Waals surface area contributed by atoms with Gasteiger partial charge in [0.05, 0.1) is 6.04 Å². The average Bonchev–Trinajstić information content (AvgIpc) is 2.83. The van der Waals surface area contributed by atoms with Gasteiger partial charge in [-0.1, -0.05) is 27.7 Å². The summed E-state index contributed by atoms with van der Waals surface area (Å²) in [5, 5.41) is 8.20. The fourth-order valence-corrected chi connectivity index (χ4v) is 2.15. The van der Waals surface area contributed by atoms with Gasteiger partial charge >= 0.3 is 0 Å². The number of hydrogen-bond donors (Lipinski definition) is 1. The van der Waals surface area contributed by atoms with E-state index >= 15 is 0 Å². The summed E-state index contributed by atoms with van der Waals surface area (Å²) in [6.45, 7) is 11.9. The van der Waals surface area contributed by atoms with Gasteiger partial charge in [0.2, 0.25) is 0 Å². The molecule has 4 heteroatoms. The van der Waals surface area contributed by atoms with Crippen LogP contribution in [-0.4, -0.2) is 27.4 Å². The quantitative estimate of drug-likeness (QED) is 0.773. The minimum Gasteiger partial charge on any atom is -0.312 e. The molecule has 0 fully saturated rings. The van der Waals surface area contributed by atoms with Gasteiger partial charge in [0, 0.05) is 25.4 Å². The molecule has 18 heavy (non-hydrogen) atoms. The van der Waals surface area contributed by atoms with E-state index in [-0.39, 0.29) is 0 Å². The highest BCUT2D eigenvalue weighted by Crippen LogP contribution is 2.10. The van der Waals surface area contributed by atoms with Crippen LogP contribution in [0, 0.1) is 0 Å². The minimum atomic E-state index is 0.369. The lowest BCUT2D eigenvalue weighted by Crippen LogP contribution is -2.33. The van der Waals surface area contributed by atoms with Crippen molar-refractivity contribution in [1.29, 1.82) is 0 Å².